The SMILES string of the molecule is O=C1c2ccc(-c3ccc([N+](=O)[O-])cc3)cc2C(=O)N1c1cc(Cl)c(N2C(=O)c3ccc(-c4ccc([N+](=O)[O-])cc4)cc3C2=O)cc1Cl. The van der Waals surface area contributed by atoms with E-state index in [2.05, 4.69) is 0 Å². The summed E-state index contributed by atoms with van der Waals surface area (Å²) in [4.78, 5) is 76.6. The average molecular weight is 679 g/mol. The molecule has 0 aliphatic carbocycles. The zero-order valence-electron chi connectivity index (χ0n) is 24.0. The molecule has 0 saturated carbocycles. The van der Waals surface area contributed by atoms with Crippen molar-refractivity contribution >= 4 is 69.6 Å². The second-order valence-electron chi connectivity index (χ2n) is 10.8. The molecule has 5 aromatic rings. The highest BCUT2D eigenvalue weighted by Crippen LogP contribution is 2.43. The van der Waals surface area contributed by atoms with Gasteiger partial charge in [0.1, 0.15) is 0 Å². The van der Waals surface area contributed by atoms with Crippen LogP contribution in [0.15, 0.2) is 97.1 Å². The van der Waals surface area contributed by atoms with E-state index in [1.165, 1.54) is 84.9 Å². The first-order chi connectivity index (χ1) is 22.9. The van der Waals surface area contributed by atoms with Crippen LogP contribution in [0.5, 0.6) is 0 Å². The van der Waals surface area contributed by atoms with Crippen molar-refractivity contribution < 1.29 is 29.0 Å². The molecule has 12 nitrogen and oxygen atoms in total. The molecule has 0 atom stereocenters. The van der Waals surface area contributed by atoms with Gasteiger partial charge in [0.05, 0.1) is 53.5 Å². The molecule has 0 saturated heterocycles. The summed E-state index contributed by atoms with van der Waals surface area (Å²) in [5, 5.41) is 21.8. The summed E-state index contributed by atoms with van der Waals surface area (Å²) in [6.07, 6.45) is 0. The maximum Gasteiger partial charge on any atom is 0.269 e. The van der Waals surface area contributed by atoms with E-state index in [0.29, 0.717) is 22.3 Å². The lowest BCUT2D eigenvalue weighted by Crippen LogP contribution is -2.31. The van der Waals surface area contributed by atoms with Gasteiger partial charge in [-0.25, -0.2) is 9.80 Å². The molecule has 0 fully saturated rings. The number of hydrogen-bond donors (Lipinski definition) is 0. The number of imide groups is 2. The zero-order valence-corrected chi connectivity index (χ0v) is 25.6. The number of halogens is 2. The number of carbonyl (C=O) groups excluding carboxylic acids is 4. The number of fused-ring (bicyclic) bond motifs is 2. The first-order valence-electron chi connectivity index (χ1n) is 14.0. The van der Waals surface area contributed by atoms with E-state index in [9.17, 15) is 39.4 Å². The van der Waals surface area contributed by atoms with Crippen LogP contribution in [0, 0.1) is 20.2 Å². The Morgan fingerprint density at radius 2 is 0.750 bits per heavy atom. The summed E-state index contributed by atoms with van der Waals surface area (Å²) < 4.78 is 0. The Hall–Kier alpha value is -6.24. The van der Waals surface area contributed by atoms with Crippen molar-refractivity contribution in [1.29, 1.82) is 0 Å². The maximum atomic E-state index is 13.6. The highest BCUT2D eigenvalue weighted by Gasteiger charge is 2.41. The van der Waals surface area contributed by atoms with Crippen molar-refractivity contribution in [3.8, 4) is 22.3 Å². The second kappa shape index (κ2) is 11.2. The molecule has 7 rings (SSSR count). The summed E-state index contributed by atoms with van der Waals surface area (Å²) in [7, 11) is 0. The molecule has 2 aliphatic heterocycles. The summed E-state index contributed by atoms with van der Waals surface area (Å²) in [5.41, 5.74) is 2.32. The highest BCUT2D eigenvalue weighted by molar-refractivity contribution is 6.44. The van der Waals surface area contributed by atoms with E-state index in [1.807, 2.05) is 0 Å². The molecule has 2 heterocycles. The fourth-order valence-electron chi connectivity index (χ4n) is 5.70. The monoisotopic (exact) mass is 678 g/mol. The highest BCUT2D eigenvalue weighted by atomic mass is 35.5. The van der Waals surface area contributed by atoms with Crippen LogP contribution in [0.3, 0.4) is 0 Å². The van der Waals surface area contributed by atoms with Gasteiger partial charge in [0.15, 0.2) is 0 Å². The lowest BCUT2D eigenvalue weighted by atomic mass is 10.00. The number of anilines is 2. The molecular weight excluding hydrogens is 663 g/mol. The van der Waals surface area contributed by atoms with Crippen LogP contribution in [-0.2, 0) is 0 Å². The van der Waals surface area contributed by atoms with E-state index in [1.54, 1.807) is 12.1 Å². The Morgan fingerprint density at radius 1 is 0.438 bits per heavy atom. The molecule has 5 aromatic carbocycles. The van der Waals surface area contributed by atoms with Gasteiger partial charge in [0.25, 0.3) is 35.0 Å². The summed E-state index contributed by atoms with van der Waals surface area (Å²) in [6.45, 7) is 0. The van der Waals surface area contributed by atoms with Gasteiger partial charge in [-0.2, -0.15) is 0 Å². The van der Waals surface area contributed by atoms with Gasteiger partial charge >= 0.3 is 0 Å². The van der Waals surface area contributed by atoms with Crippen LogP contribution in [0.4, 0.5) is 22.7 Å². The zero-order chi connectivity index (χ0) is 34.0. The van der Waals surface area contributed by atoms with Gasteiger partial charge in [0.2, 0.25) is 0 Å². The number of nitrogens with zero attached hydrogens (tertiary/aromatic N) is 4. The van der Waals surface area contributed by atoms with Gasteiger partial charge in [0, 0.05) is 24.3 Å². The minimum absolute atomic E-state index is 0.0643. The van der Waals surface area contributed by atoms with Crippen molar-refractivity contribution in [1.82, 2.24) is 0 Å². The maximum absolute atomic E-state index is 13.6. The summed E-state index contributed by atoms with van der Waals surface area (Å²) in [5.74, 6) is -2.72. The Morgan fingerprint density at radius 3 is 1.08 bits per heavy atom. The van der Waals surface area contributed by atoms with Crippen molar-refractivity contribution in [3.05, 3.63) is 150 Å². The number of carbonyl (C=O) groups is 4. The number of rotatable bonds is 6. The van der Waals surface area contributed by atoms with Crippen LogP contribution < -0.4 is 9.80 Å². The van der Waals surface area contributed by atoms with Gasteiger partial charge < -0.3 is 0 Å². The third-order valence-electron chi connectivity index (χ3n) is 8.09. The van der Waals surface area contributed by atoms with Crippen LogP contribution in [0.2, 0.25) is 10.0 Å². The molecule has 234 valence electrons. The van der Waals surface area contributed by atoms with Crippen LogP contribution in [0.1, 0.15) is 41.4 Å². The molecule has 14 heteroatoms. The van der Waals surface area contributed by atoms with Gasteiger partial charge in [-0.3, -0.25) is 39.4 Å². The van der Waals surface area contributed by atoms with Crippen molar-refractivity contribution in [2.75, 3.05) is 9.80 Å². The Labute approximate surface area is 279 Å². The van der Waals surface area contributed by atoms with Crippen molar-refractivity contribution in [3.63, 3.8) is 0 Å². The summed E-state index contributed by atoms with van der Waals surface area (Å²) >= 11 is 13.2. The largest absolute Gasteiger partial charge is 0.269 e. The number of nitro benzene ring substituents is 2. The minimum Gasteiger partial charge on any atom is -0.268 e. The molecule has 4 amide bonds. The van der Waals surface area contributed by atoms with Gasteiger partial charge in [-0.1, -0.05) is 35.3 Å². The Bertz CT molecular complexity index is 2140. The van der Waals surface area contributed by atoms with Crippen LogP contribution >= 0.6 is 23.2 Å². The predicted octanol–water partition coefficient (Wildman–Crippen LogP) is 7.75. The normalized spacial score (nSPS) is 13.6. The lowest BCUT2D eigenvalue weighted by molar-refractivity contribution is -0.385. The number of nitro groups is 2. The fourth-order valence-corrected chi connectivity index (χ4v) is 6.18. The Kier molecular flexibility index (Phi) is 7.11. The quantitative estimate of drug-likeness (QED) is 0.100. The molecule has 0 unspecified atom stereocenters. The van der Waals surface area contributed by atoms with Crippen LogP contribution in [-0.4, -0.2) is 33.5 Å². The molecule has 0 N–H and O–H groups in total. The standard InChI is InChI=1S/C34H16Cl2N4O8/c35-27-16-30(38-32(42)24-12-6-20(14-26(24)34(38)44)18-3-9-22(10-4-18)40(47)48)28(36)15-29(27)37-31(41)23-11-5-19(13-25(23)33(37)43)17-1-7-21(8-2-17)39(45)46/h1-16H. The smallest absolute Gasteiger partial charge is 0.268 e. The number of benzene rings is 5. The van der Waals surface area contributed by atoms with Gasteiger partial charge in [-0.15, -0.1) is 0 Å². The first-order valence-corrected chi connectivity index (χ1v) is 14.7. The van der Waals surface area contributed by atoms with Crippen molar-refractivity contribution in [2.45, 2.75) is 0 Å². The van der Waals surface area contributed by atoms with E-state index in [0.717, 1.165) is 9.80 Å². The fraction of sp³-hybridized carbons (Fsp3) is 0. The predicted molar refractivity (Wildman–Crippen MR) is 176 cm³/mol. The third-order valence-corrected chi connectivity index (χ3v) is 8.70. The van der Waals surface area contributed by atoms with Crippen molar-refractivity contribution in [2.24, 2.45) is 0 Å². The topological polar surface area (TPSA) is 161 Å². The number of amides is 4. The Balaban J connectivity index is 1.18. The molecule has 0 bridgehead atoms. The molecule has 0 spiro atoms. The van der Waals surface area contributed by atoms with Crippen LogP contribution in [0.25, 0.3) is 22.3 Å². The van der Waals surface area contributed by atoms with E-state index in [4.69, 9.17) is 23.2 Å². The lowest BCUT2D eigenvalue weighted by Gasteiger charge is -2.20. The molecule has 48 heavy (non-hydrogen) atoms. The second-order valence-corrected chi connectivity index (χ2v) is 11.6. The average Bonchev–Trinajstić information content (AvgIpc) is 3.48. The molecule has 0 radical (unpaired) electrons. The number of non-ortho nitro benzene ring substituents is 2. The molecule has 2 aliphatic rings. The van der Waals surface area contributed by atoms with E-state index < -0.39 is 33.5 Å². The molecular formula is C34H16Cl2N4O8. The number of hydrogen-bond acceptors (Lipinski definition) is 8. The molecule has 0 aromatic heterocycles. The van der Waals surface area contributed by atoms with Gasteiger partial charge in [-0.05, 0) is 82.9 Å². The van der Waals surface area contributed by atoms with E-state index in [-0.39, 0.29) is 55.0 Å². The summed E-state index contributed by atoms with van der Waals surface area (Å²) in [6, 6.07) is 23.1. The minimum atomic E-state index is -0.691. The van der Waals surface area contributed by atoms with E-state index >= 15 is 0 Å². The third kappa shape index (κ3) is 4.78. The first kappa shape index (κ1) is 30.4.